The molecule has 0 aliphatic rings. The third kappa shape index (κ3) is 53.1. The zero-order valence-electron chi connectivity index (χ0n) is 44.7. The van der Waals surface area contributed by atoms with Crippen molar-refractivity contribution in [3.8, 4) is 0 Å². The summed E-state index contributed by atoms with van der Waals surface area (Å²) in [6, 6.07) is 0. The average Bonchev–Trinajstić information content (AvgIpc) is 3.31. The smallest absolute Gasteiger partial charge is 0.306 e. The molecule has 1 atom stereocenters. The van der Waals surface area contributed by atoms with Crippen molar-refractivity contribution < 1.29 is 28.6 Å². The zero-order chi connectivity index (χ0) is 47.9. The second-order valence-electron chi connectivity index (χ2n) is 20.3. The first kappa shape index (κ1) is 64.2. The number of ether oxygens (including phenoxy) is 3. The van der Waals surface area contributed by atoms with E-state index in [1.165, 1.54) is 238 Å². The Kier molecular flexibility index (Phi) is 54.2. The van der Waals surface area contributed by atoms with Gasteiger partial charge < -0.3 is 14.2 Å². The number of carbonyl (C=O) groups excluding carboxylic acids is 3. The summed E-state index contributed by atoms with van der Waals surface area (Å²) in [7, 11) is 0. The second kappa shape index (κ2) is 55.7. The largest absolute Gasteiger partial charge is 0.462 e. The minimum atomic E-state index is -0.761. The Morgan fingerprint density at radius 1 is 0.288 bits per heavy atom. The highest BCUT2D eigenvalue weighted by Gasteiger charge is 2.19. The molecule has 6 heteroatoms. The van der Waals surface area contributed by atoms with Crippen molar-refractivity contribution in [3.63, 3.8) is 0 Å². The molecule has 390 valence electrons. The number of allylic oxidation sites excluding steroid dienone is 2. The topological polar surface area (TPSA) is 78.9 Å². The molecule has 0 rings (SSSR count). The quantitative estimate of drug-likeness (QED) is 0.0262. The molecule has 6 nitrogen and oxygen atoms in total. The van der Waals surface area contributed by atoms with E-state index in [-0.39, 0.29) is 31.1 Å². The Morgan fingerprint density at radius 3 is 0.758 bits per heavy atom. The van der Waals surface area contributed by atoms with Crippen molar-refractivity contribution in [3.05, 3.63) is 12.2 Å². The maximum absolute atomic E-state index is 12.7. The summed E-state index contributed by atoms with van der Waals surface area (Å²) in [5, 5.41) is 0. The Hall–Kier alpha value is -1.85. The first-order chi connectivity index (χ1) is 32.5. The van der Waals surface area contributed by atoms with Gasteiger partial charge in [0.15, 0.2) is 6.10 Å². The Labute approximate surface area is 411 Å². The van der Waals surface area contributed by atoms with Crippen molar-refractivity contribution in [2.75, 3.05) is 13.2 Å². The predicted molar refractivity (Wildman–Crippen MR) is 284 cm³/mol. The molecule has 0 aromatic heterocycles. The van der Waals surface area contributed by atoms with Crippen LogP contribution in [0.3, 0.4) is 0 Å². The first-order valence-corrected chi connectivity index (χ1v) is 29.7. The average molecular weight is 932 g/mol. The highest BCUT2D eigenvalue weighted by molar-refractivity contribution is 5.71. The fourth-order valence-electron chi connectivity index (χ4n) is 9.03. The maximum atomic E-state index is 12.7. The molecule has 0 saturated carbocycles. The van der Waals surface area contributed by atoms with Crippen molar-refractivity contribution in [2.45, 2.75) is 341 Å². The maximum Gasteiger partial charge on any atom is 0.306 e. The van der Waals surface area contributed by atoms with E-state index in [1.807, 2.05) is 0 Å². The molecule has 66 heavy (non-hydrogen) atoms. The fourth-order valence-corrected chi connectivity index (χ4v) is 9.03. The van der Waals surface area contributed by atoms with Gasteiger partial charge in [0.25, 0.3) is 0 Å². The van der Waals surface area contributed by atoms with Gasteiger partial charge in [0, 0.05) is 19.3 Å². The van der Waals surface area contributed by atoms with Gasteiger partial charge in [0.2, 0.25) is 0 Å². The van der Waals surface area contributed by atoms with Crippen LogP contribution in [0.2, 0.25) is 0 Å². The van der Waals surface area contributed by atoms with Crippen LogP contribution in [0.1, 0.15) is 335 Å². The molecule has 0 radical (unpaired) electrons. The number of unbranched alkanes of at least 4 members (excludes halogenated alkanes) is 42. The van der Waals surface area contributed by atoms with E-state index in [9.17, 15) is 14.4 Å². The van der Waals surface area contributed by atoms with Gasteiger partial charge in [-0.1, -0.05) is 283 Å². The van der Waals surface area contributed by atoms with E-state index >= 15 is 0 Å². The number of carbonyl (C=O) groups is 3. The molecule has 0 aromatic rings. The minimum Gasteiger partial charge on any atom is -0.462 e. The molecule has 0 spiro atoms. The van der Waals surface area contributed by atoms with Crippen LogP contribution in [0.15, 0.2) is 12.2 Å². The van der Waals surface area contributed by atoms with Gasteiger partial charge in [0.05, 0.1) is 0 Å². The van der Waals surface area contributed by atoms with Crippen molar-refractivity contribution in [2.24, 2.45) is 0 Å². The normalized spacial score (nSPS) is 12.0. The number of hydrogen-bond donors (Lipinski definition) is 0. The molecule has 0 aliphatic carbocycles. The monoisotopic (exact) mass is 931 g/mol. The highest BCUT2D eigenvalue weighted by atomic mass is 16.6. The summed E-state index contributed by atoms with van der Waals surface area (Å²) in [6.45, 7) is 6.65. The van der Waals surface area contributed by atoms with Gasteiger partial charge in [-0.05, 0) is 44.9 Å². The van der Waals surface area contributed by atoms with Gasteiger partial charge in [-0.3, -0.25) is 14.4 Å². The molecular formula is C60H114O6. The van der Waals surface area contributed by atoms with Gasteiger partial charge in [-0.2, -0.15) is 0 Å². The predicted octanol–water partition coefficient (Wildman–Crippen LogP) is 19.7. The summed E-state index contributed by atoms with van der Waals surface area (Å²) in [5.74, 6) is -0.848. The molecule has 0 bridgehead atoms. The van der Waals surface area contributed by atoms with Crippen LogP contribution in [0.5, 0.6) is 0 Å². The lowest BCUT2D eigenvalue weighted by molar-refractivity contribution is -0.167. The summed E-state index contributed by atoms with van der Waals surface area (Å²) in [4.78, 5) is 37.9. The zero-order valence-corrected chi connectivity index (χ0v) is 44.7. The lowest BCUT2D eigenvalue weighted by Crippen LogP contribution is -2.30. The van der Waals surface area contributed by atoms with E-state index in [2.05, 4.69) is 32.9 Å². The molecule has 0 amide bonds. The Balaban J connectivity index is 3.98. The molecule has 0 fully saturated rings. The first-order valence-electron chi connectivity index (χ1n) is 29.7. The van der Waals surface area contributed by atoms with Gasteiger partial charge >= 0.3 is 17.9 Å². The van der Waals surface area contributed by atoms with Crippen LogP contribution < -0.4 is 0 Å². The number of rotatable bonds is 55. The third-order valence-corrected chi connectivity index (χ3v) is 13.5. The second-order valence-corrected chi connectivity index (χ2v) is 20.3. The number of esters is 3. The van der Waals surface area contributed by atoms with Crippen LogP contribution >= 0.6 is 0 Å². The van der Waals surface area contributed by atoms with E-state index in [1.54, 1.807) is 0 Å². The van der Waals surface area contributed by atoms with E-state index < -0.39 is 6.10 Å². The molecule has 0 aliphatic heterocycles. The van der Waals surface area contributed by atoms with Crippen LogP contribution in [0.4, 0.5) is 0 Å². The lowest BCUT2D eigenvalue weighted by atomic mass is 10.0. The molecule has 0 N–H and O–H groups in total. The van der Waals surface area contributed by atoms with Crippen molar-refractivity contribution >= 4 is 17.9 Å². The van der Waals surface area contributed by atoms with Gasteiger partial charge in [0.1, 0.15) is 13.2 Å². The third-order valence-electron chi connectivity index (χ3n) is 13.5. The lowest BCUT2D eigenvalue weighted by Gasteiger charge is -2.18. The van der Waals surface area contributed by atoms with Crippen molar-refractivity contribution in [1.82, 2.24) is 0 Å². The van der Waals surface area contributed by atoms with Crippen LogP contribution in [-0.2, 0) is 28.6 Å². The summed E-state index contributed by atoms with van der Waals surface area (Å²) in [6.07, 6.45) is 63.9. The van der Waals surface area contributed by atoms with Crippen LogP contribution in [0.25, 0.3) is 0 Å². The molecule has 0 heterocycles. The standard InChI is InChI=1S/C60H114O6/c1-4-7-10-13-16-19-21-22-23-24-25-26-27-28-29-30-31-32-33-34-35-36-37-38-39-42-44-47-50-53-59(62)65-56-57(55-64-58(61)52-49-46-43-40-18-15-12-9-6-3)66-60(63)54-51-48-45-41-20-17-14-11-8-5-2/h24-25,57H,4-23,26-56H2,1-3H3/b25-24-. The summed E-state index contributed by atoms with van der Waals surface area (Å²) >= 11 is 0. The van der Waals surface area contributed by atoms with Crippen LogP contribution in [0, 0.1) is 0 Å². The molecular weight excluding hydrogens is 817 g/mol. The van der Waals surface area contributed by atoms with E-state index in [0.717, 1.165) is 57.8 Å². The van der Waals surface area contributed by atoms with E-state index in [0.29, 0.717) is 19.3 Å². The van der Waals surface area contributed by atoms with Crippen molar-refractivity contribution in [1.29, 1.82) is 0 Å². The van der Waals surface area contributed by atoms with Crippen LogP contribution in [-0.4, -0.2) is 37.2 Å². The molecule has 0 saturated heterocycles. The number of hydrogen-bond acceptors (Lipinski definition) is 6. The Bertz CT molecular complexity index is 1020. The summed E-state index contributed by atoms with van der Waals surface area (Å²) in [5.41, 5.74) is 0. The van der Waals surface area contributed by atoms with E-state index in [4.69, 9.17) is 14.2 Å². The molecule has 0 aromatic carbocycles. The van der Waals surface area contributed by atoms with Gasteiger partial charge in [-0.25, -0.2) is 0 Å². The Morgan fingerprint density at radius 2 is 0.500 bits per heavy atom. The van der Waals surface area contributed by atoms with Gasteiger partial charge in [-0.15, -0.1) is 0 Å². The fraction of sp³-hybridized carbons (Fsp3) is 0.917. The molecule has 1 unspecified atom stereocenters. The highest BCUT2D eigenvalue weighted by Crippen LogP contribution is 2.17. The SMILES string of the molecule is CCCCCCCCCC/C=C\CCCCCCCCCCCCCCCCCCCC(=O)OCC(COC(=O)CCCCCCCCCCC)OC(=O)CCCCCCCCCCCC. The summed E-state index contributed by atoms with van der Waals surface area (Å²) < 4.78 is 16.8. The minimum absolute atomic E-state index is 0.0638.